The number of para-hydroxylation sites is 1. The maximum Gasteiger partial charge on any atom is 0.123 e. The first-order valence-electron chi connectivity index (χ1n) is 6.86. The van der Waals surface area contributed by atoms with Crippen molar-refractivity contribution < 1.29 is 9.47 Å². The number of benzene rings is 2. The van der Waals surface area contributed by atoms with Crippen LogP contribution in [0.15, 0.2) is 48.5 Å². The Kier molecular flexibility index (Phi) is 3.61. The van der Waals surface area contributed by atoms with Gasteiger partial charge in [-0.25, -0.2) is 0 Å². The summed E-state index contributed by atoms with van der Waals surface area (Å²) in [5.41, 5.74) is 2.48. The monoisotopic (exact) mass is 269 g/mol. The van der Waals surface area contributed by atoms with E-state index in [0.29, 0.717) is 6.61 Å². The van der Waals surface area contributed by atoms with E-state index in [4.69, 9.17) is 9.47 Å². The molecule has 1 aliphatic rings. The van der Waals surface area contributed by atoms with E-state index in [2.05, 4.69) is 29.6 Å². The van der Waals surface area contributed by atoms with Gasteiger partial charge in [-0.05, 0) is 30.8 Å². The molecule has 0 saturated heterocycles. The van der Waals surface area contributed by atoms with Crippen molar-refractivity contribution >= 4 is 0 Å². The maximum absolute atomic E-state index is 5.84. The van der Waals surface area contributed by atoms with Gasteiger partial charge in [-0.15, -0.1) is 0 Å². The summed E-state index contributed by atoms with van der Waals surface area (Å²) in [6, 6.07) is 16.8. The van der Waals surface area contributed by atoms with Crippen LogP contribution in [0.5, 0.6) is 11.5 Å². The Morgan fingerprint density at radius 1 is 1.15 bits per heavy atom. The summed E-state index contributed by atoms with van der Waals surface area (Å²) in [6.45, 7) is 0.676. The van der Waals surface area contributed by atoms with E-state index < -0.39 is 0 Å². The third-order valence-corrected chi connectivity index (χ3v) is 3.90. The lowest BCUT2D eigenvalue weighted by molar-refractivity contribution is 0.231. The molecule has 0 spiro atoms. The van der Waals surface area contributed by atoms with E-state index in [9.17, 15) is 0 Å². The minimum atomic E-state index is 0.261. The van der Waals surface area contributed by atoms with E-state index in [1.54, 1.807) is 7.11 Å². The van der Waals surface area contributed by atoms with E-state index in [1.165, 1.54) is 11.1 Å². The Morgan fingerprint density at radius 3 is 2.80 bits per heavy atom. The molecule has 0 bridgehead atoms. The SMILES string of the molecule is CN[C@@H]1COc2ccccc2[C@H]1c1cccc(OC)c1. The molecule has 2 aromatic rings. The van der Waals surface area contributed by atoms with Crippen LogP contribution in [0.4, 0.5) is 0 Å². The molecule has 0 aromatic heterocycles. The van der Waals surface area contributed by atoms with Crippen LogP contribution in [0.2, 0.25) is 0 Å². The van der Waals surface area contributed by atoms with Crippen molar-refractivity contribution in [2.24, 2.45) is 0 Å². The zero-order valence-electron chi connectivity index (χ0n) is 11.8. The van der Waals surface area contributed by atoms with Crippen molar-refractivity contribution in [3.8, 4) is 11.5 Å². The molecule has 0 radical (unpaired) electrons. The molecule has 2 aromatic carbocycles. The Morgan fingerprint density at radius 2 is 2.00 bits per heavy atom. The fraction of sp³-hybridized carbons (Fsp3) is 0.294. The Bertz CT molecular complexity index is 597. The van der Waals surface area contributed by atoms with Crippen molar-refractivity contribution in [3.05, 3.63) is 59.7 Å². The van der Waals surface area contributed by atoms with E-state index >= 15 is 0 Å². The Labute approximate surface area is 119 Å². The summed E-state index contributed by atoms with van der Waals surface area (Å²) in [7, 11) is 3.68. The van der Waals surface area contributed by atoms with Crippen LogP contribution < -0.4 is 14.8 Å². The molecule has 1 heterocycles. The molecule has 0 aliphatic carbocycles. The second-order valence-corrected chi connectivity index (χ2v) is 5.00. The summed E-state index contributed by atoms with van der Waals surface area (Å²) in [4.78, 5) is 0. The predicted molar refractivity (Wildman–Crippen MR) is 79.6 cm³/mol. The first-order chi connectivity index (χ1) is 9.83. The lowest BCUT2D eigenvalue weighted by Gasteiger charge is -2.34. The number of nitrogens with one attached hydrogen (secondary N) is 1. The first-order valence-corrected chi connectivity index (χ1v) is 6.86. The van der Waals surface area contributed by atoms with Gasteiger partial charge >= 0.3 is 0 Å². The minimum absolute atomic E-state index is 0.261. The topological polar surface area (TPSA) is 30.5 Å². The highest BCUT2D eigenvalue weighted by molar-refractivity contribution is 5.46. The van der Waals surface area contributed by atoms with Gasteiger partial charge in [0.15, 0.2) is 0 Å². The average Bonchev–Trinajstić information content (AvgIpc) is 2.53. The van der Waals surface area contributed by atoms with Crippen molar-refractivity contribution in [2.45, 2.75) is 12.0 Å². The van der Waals surface area contributed by atoms with Gasteiger partial charge in [-0.1, -0.05) is 30.3 Å². The van der Waals surface area contributed by atoms with Gasteiger partial charge in [0.25, 0.3) is 0 Å². The molecule has 0 fully saturated rings. The Balaban J connectivity index is 2.08. The van der Waals surface area contributed by atoms with Gasteiger partial charge in [0.05, 0.1) is 13.2 Å². The molecule has 0 unspecified atom stereocenters. The standard InChI is InChI=1S/C17H19NO2/c1-18-15-11-20-16-9-4-3-8-14(16)17(15)12-6-5-7-13(10-12)19-2/h3-10,15,17-18H,11H2,1-2H3/t15-,17-/m1/s1. The zero-order chi connectivity index (χ0) is 13.9. The van der Waals surface area contributed by atoms with Crippen LogP contribution in [0.25, 0.3) is 0 Å². The second kappa shape index (κ2) is 5.55. The van der Waals surface area contributed by atoms with Crippen molar-refractivity contribution in [3.63, 3.8) is 0 Å². The minimum Gasteiger partial charge on any atom is -0.497 e. The van der Waals surface area contributed by atoms with Crippen LogP contribution in [-0.2, 0) is 0 Å². The van der Waals surface area contributed by atoms with Gasteiger partial charge in [-0.3, -0.25) is 0 Å². The molecule has 0 saturated carbocycles. The van der Waals surface area contributed by atoms with E-state index in [0.717, 1.165) is 11.5 Å². The highest BCUT2D eigenvalue weighted by atomic mass is 16.5. The second-order valence-electron chi connectivity index (χ2n) is 5.00. The molecular formula is C17H19NO2. The summed E-state index contributed by atoms with van der Waals surface area (Å²) in [6.07, 6.45) is 0. The lowest BCUT2D eigenvalue weighted by atomic mass is 9.83. The molecule has 1 N–H and O–H groups in total. The average molecular weight is 269 g/mol. The molecule has 3 nitrogen and oxygen atoms in total. The quantitative estimate of drug-likeness (QED) is 0.929. The summed E-state index contributed by atoms with van der Waals surface area (Å²) >= 11 is 0. The van der Waals surface area contributed by atoms with Gasteiger partial charge in [0, 0.05) is 11.5 Å². The fourth-order valence-corrected chi connectivity index (χ4v) is 2.86. The molecule has 104 valence electrons. The highest BCUT2D eigenvalue weighted by Gasteiger charge is 2.31. The predicted octanol–water partition coefficient (Wildman–Crippen LogP) is 2.81. The van der Waals surface area contributed by atoms with Crippen LogP contribution in [0.3, 0.4) is 0 Å². The fourth-order valence-electron chi connectivity index (χ4n) is 2.86. The van der Waals surface area contributed by atoms with Gasteiger partial charge < -0.3 is 14.8 Å². The number of hydrogen-bond acceptors (Lipinski definition) is 3. The van der Waals surface area contributed by atoms with Crippen LogP contribution in [0.1, 0.15) is 17.0 Å². The van der Waals surface area contributed by atoms with Crippen molar-refractivity contribution in [1.29, 1.82) is 0 Å². The smallest absolute Gasteiger partial charge is 0.123 e. The van der Waals surface area contributed by atoms with Crippen molar-refractivity contribution in [1.82, 2.24) is 5.32 Å². The molecule has 1 aliphatic heterocycles. The van der Waals surface area contributed by atoms with Gasteiger partial charge in [0.1, 0.15) is 18.1 Å². The summed E-state index contributed by atoms with van der Waals surface area (Å²) in [5.74, 6) is 2.15. The first kappa shape index (κ1) is 13.0. The maximum atomic E-state index is 5.84. The third kappa shape index (κ3) is 2.25. The zero-order valence-corrected chi connectivity index (χ0v) is 11.8. The molecule has 3 rings (SSSR count). The van der Waals surface area contributed by atoms with E-state index in [1.807, 2.05) is 31.3 Å². The largest absolute Gasteiger partial charge is 0.497 e. The molecule has 20 heavy (non-hydrogen) atoms. The molecule has 2 atom stereocenters. The highest BCUT2D eigenvalue weighted by Crippen LogP contribution is 2.38. The Hall–Kier alpha value is -2.00. The number of likely N-dealkylation sites (N-methyl/N-ethyl adjacent to an activating group) is 1. The number of rotatable bonds is 3. The molecular weight excluding hydrogens is 250 g/mol. The number of hydrogen-bond donors (Lipinski definition) is 1. The number of fused-ring (bicyclic) bond motifs is 1. The van der Waals surface area contributed by atoms with Gasteiger partial charge in [0.2, 0.25) is 0 Å². The summed E-state index contributed by atoms with van der Waals surface area (Å²) in [5, 5.41) is 3.37. The normalized spacial score (nSPS) is 20.9. The third-order valence-electron chi connectivity index (χ3n) is 3.90. The summed E-state index contributed by atoms with van der Waals surface area (Å²) < 4.78 is 11.2. The van der Waals surface area contributed by atoms with Crippen LogP contribution >= 0.6 is 0 Å². The molecule has 0 amide bonds. The van der Waals surface area contributed by atoms with Gasteiger partial charge in [-0.2, -0.15) is 0 Å². The van der Waals surface area contributed by atoms with Crippen molar-refractivity contribution in [2.75, 3.05) is 20.8 Å². The number of methoxy groups -OCH3 is 1. The van der Waals surface area contributed by atoms with Crippen LogP contribution in [0, 0.1) is 0 Å². The van der Waals surface area contributed by atoms with Crippen LogP contribution in [-0.4, -0.2) is 26.8 Å². The number of ether oxygens (including phenoxy) is 2. The lowest BCUT2D eigenvalue weighted by Crippen LogP contribution is -2.41. The van der Waals surface area contributed by atoms with E-state index in [-0.39, 0.29) is 12.0 Å². The molecule has 3 heteroatoms.